The number of imidazole rings is 1. The van der Waals surface area contributed by atoms with E-state index in [2.05, 4.69) is 28.6 Å². The minimum Gasteiger partial charge on any atom is -0.375 e. The number of ether oxygens (including phenoxy) is 1. The van der Waals surface area contributed by atoms with Gasteiger partial charge in [-0.1, -0.05) is 13.8 Å². The molecule has 30 heavy (non-hydrogen) atoms. The minimum absolute atomic E-state index is 0.141. The van der Waals surface area contributed by atoms with Crippen molar-refractivity contribution in [3.63, 3.8) is 0 Å². The summed E-state index contributed by atoms with van der Waals surface area (Å²) in [6, 6.07) is 0.555. The zero-order valence-corrected chi connectivity index (χ0v) is 19.5. The van der Waals surface area contributed by atoms with E-state index in [1.165, 1.54) is 12.9 Å². The molecule has 3 aliphatic heterocycles. The topological polar surface area (TPSA) is 70.9 Å². The van der Waals surface area contributed by atoms with Gasteiger partial charge in [0.25, 0.3) is 10.0 Å². The molecule has 3 aliphatic rings. The van der Waals surface area contributed by atoms with Crippen LogP contribution in [-0.4, -0.2) is 96.1 Å². The van der Waals surface area contributed by atoms with Crippen molar-refractivity contribution in [2.75, 3.05) is 52.4 Å². The quantitative estimate of drug-likeness (QED) is 0.691. The van der Waals surface area contributed by atoms with Gasteiger partial charge >= 0.3 is 0 Å². The highest BCUT2D eigenvalue weighted by Gasteiger charge is 2.44. The van der Waals surface area contributed by atoms with Crippen molar-refractivity contribution in [2.45, 2.75) is 56.2 Å². The summed E-state index contributed by atoms with van der Waals surface area (Å²) in [5, 5.41) is 0.141. The summed E-state index contributed by atoms with van der Waals surface area (Å²) in [5.41, 5.74) is -0.173. The molecule has 3 saturated heterocycles. The molecular weight excluding hydrogens is 402 g/mol. The normalized spacial score (nSPS) is 27.1. The van der Waals surface area contributed by atoms with Crippen LogP contribution >= 0.6 is 0 Å². The molecule has 4 rings (SSSR count). The molecule has 170 valence electrons. The van der Waals surface area contributed by atoms with E-state index >= 15 is 0 Å². The number of aromatic nitrogens is 2. The maximum Gasteiger partial charge on any atom is 0.262 e. The van der Waals surface area contributed by atoms with Crippen LogP contribution in [0.5, 0.6) is 0 Å². The minimum atomic E-state index is -3.52. The van der Waals surface area contributed by atoms with Gasteiger partial charge in [-0.2, -0.15) is 4.31 Å². The molecule has 0 saturated carbocycles. The SMILES string of the molecule is CC(C)CN1CCN([C@@H]2CCOC3(CCN(S(=O)(=O)c4cn(C)cn4)CC3)C2)CC1. The van der Waals surface area contributed by atoms with Crippen LogP contribution in [-0.2, 0) is 21.8 Å². The lowest BCUT2D eigenvalue weighted by atomic mass is 9.82. The summed E-state index contributed by atoms with van der Waals surface area (Å²) < 4.78 is 35.3. The molecule has 1 aromatic heterocycles. The van der Waals surface area contributed by atoms with E-state index in [0.717, 1.165) is 64.4 Å². The van der Waals surface area contributed by atoms with E-state index in [1.807, 2.05) is 0 Å². The third-order valence-corrected chi connectivity index (χ3v) is 8.72. The molecule has 0 bridgehead atoms. The lowest BCUT2D eigenvalue weighted by molar-refractivity contribution is -0.130. The van der Waals surface area contributed by atoms with Gasteiger partial charge in [-0.05, 0) is 31.6 Å². The number of hydrogen-bond acceptors (Lipinski definition) is 6. The third kappa shape index (κ3) is 4.75. The van der Waals surface area contributed by atoms with Crippen molar-refractivity contribution >= 4 is 10.0 Å². The van der Waals surface area contributed by atoms with Crippen molar-refractivity contribution in [1.29, 1.82) is 0 Å². The van der Waals surface area contributed by atoms with Crippen LogP contribution in [0.3, 0.4) is 0 Å². The van der Waals surface area contributed by atoms with Gasteiger partial charge in [0, 0.05) is 71.7 Å². The smallest absolute Gasteiger partial charge is 0.262 e. The Morgan fingerprint density at radius 3 is 2.47 bits per heavy atom. The Morgan fingerprint density at radius 1 is 1.17 bits per heavy atom. The van der Waals surface area contributed by atoms with Crippen LogP contribution in [0.15, 0.2) is 17.6 Å². The highest BCUT2D eigenvalue weighted by atomic mass is 32.2. The summed E-state index contributed by atoms with van der Waals surface area (Å²) in [4.78, 5) is 9.29. The summed E-state index contributed by atoms with van der Waals surface area (Å²) >= 11 is 0. The zero-order chi connectivity index (χ0) is 21.4. The van der Waals surface area contributed by atoms with Crippen molar-refractivity contribution in [2.24, 2.45) is 13.0 Å². The summed E-state index contributed by atoms with van der Waals surface area (Å²) in [6.07, 6.45) is 6.75. The molecule has 8 nitrogen and oxygen atoms in total. The van der Waals surface area contributed by atoms with Gasteiger partial charge in [-0.3, -0.25) is 4.90 Å². The molecule has 1 atom stereocenters. The third-order valence-electron chi connectivity index (χ3n) is 6.93. The number of nitrogens with zero attached hydrogens (tertiary/aromatic N) is 5. The van der Waals surface area contributed by atoms with Crippen LogP contribution in [0.1, 0.15) is 39.5 Å². The second-order valence-corrected chi connectivity index (χ2v) is 11.6. The van der Waals surface area contributed by atoms with E-state index in [4.69, 9.17) is 4.74 Å². The Kier molecular flexibility index (Phi) is 6.56. The first-order valence-corrected chi connectivity index (χ1v) is 12.8. The van der Waals surface area contributed by atoms with Crippen LogP contribution in [0, 0.1) is 5.92 Å². The molecule has 0 N–H and O–H groups in total. The largest absolute Gasteiger partial charge is 0.375 e. The molecule has 0 aromatic carbocycles. The van der Waals surface area contributed by atoms with Gasteiger partial charge in [0.2, 0.25) is 0 Å². The lowest BCUT2D eigenvalue weighted by Crippen LogP contribution is -2.57. The Morgan fingerprint density at radius 2 is 1.87 bits per heavy atom. The molecule has 4 heterocycles. The molecule has 0 amide bonds. The fraction of sp³-hybridized carbons (Fsp3) is 0.857. The Labute approximate surface area is 181 Å². The Hall–Kier alpha value is -1.00. The predicted molar refractivity (Wildman–Crippen MR) is 116 cm³/mol. The summed E-state index contributed by atoms with van der Waals surface area (Å²) in [6.45, 7) is 12.1. The van der Waals surface area contributed by atoms with Gasteiger partial charge in [0.1, 0.15) is 0 Å². The molecule has 0 radical (unpaired) electrons. The average Bonchev–Trinajstić information content (AvgIpc) is 3.16. The number of hydrogen-bond donors (Lipinski definition) is 0. The number of piperidine rings is 1. The van der Waals surface area contributed by atoms with Gasteiger partial charge in [0.05, 0.1) is 11.9 Å². The van der Waals surface area contributed by atoms with E-state index in [0.29, 0.717) is 19.1 Å². The number of sulfonamides is 1. The van der Waals surface area contributed by atoms with Crippen molar-refractivity contribution < 1.29 is 13.2 Å². The molecule has 9 heteroatoms. The number of piperazine rings is 1. The van der Waals surface area contributed by atoms with E-state index < -0.39 is 10.0 Å². The highest BCUT2D eigenvalue weighted by Crippen LogP contribution is 2.38. The van der Waals surface area contributed by atoms with Gasteiger partial charge in [-0.25, -0.2) is 13.4 Å². The van der Waals surface area contributed by atoms with Crippen LogP contribution in [0.25, 0.3) is 0 Å². The zero-order valence-electron chi connectivity index (χ0n) is 18.7. The fourth-order valence-electron chi connectivity index (χ4n) is 5.28. The molecular formula is C21H37N5O3S. The average molecular weight is 440 g/mol. The monoisotopic (exact) mass is 439 g/mol. The molecule has 1 spiro atoms. The maximum absolute atomic E-state index is 12.9. The van der Waals surface area contributed by atoms with Crippen molar-refractivity contribution in [3.8, 4) is 0 Å². The first kappa shape index (κ1) is 22.2. The second kappa shape index (κ2) is 8.86. The van der Waals surface area contributed by atoms with Crippen LogP contribution in [0.4, 0.5) is 0 Å². The van der Waals surface area contributed by atoms with Gasteiger partial charge in [-0.15, -0.1) is 0 Å². The second-order valence-electron chi connectivity index (χ2n) is 9.69. The lowest BCUT2D eigenvalue weighted by Gasteiger charge is -2.49. The number of aryl methyl sites for hydroxylation is 1. The maximum atomic E-state index is 12.9. The molecule has 3 fully saturated rings. The van der Waals surface area contributed by atoms with Crippen molar-refractivity contribution in [3.05, 3.63) is 12.5 Å². The molecule has 0 unspecified atom stereocenters. The fourth-order valence-corrected chi connectivity index (χ4v) is 6.69. The van der Waals surface area contributed by atoms with Gasteiger partial charge < -0.3 is 14.2 Å². The van der Waals surface area contributed by atoms with Gasteiger partial charge in [0.15, 0.2) is 5.03 Å². The predicted octanol–water partition coefficient (Wildman–Crippen LogP) is 1.40. The van der Waals surface area contributed by atoms with Crippen molar-refractivity contribution in [1.82, 2.24) is 23.7 Å². The summed E-state index contributed by atoms with van der Waals surface area (Å²) in [7, 11) is -1.73. The van der Waals surface area contributed by atoms with Crippen LogP contribution in [0.2, 0.25) is 0 Å². The van der Waals surface area contributed by atoms with E-state index in [9.17, 15) is 8.42 Å². The Bertz CT molecular complexity index is 808. The Balaban J connectivity index is 1.33. The highest BCUT2D eigenvalue weighted by molar-refractivity contribution is 7.89. The van der Waals surface area contributed by atoms with E-state index in [-0.39, 0.29) is 10.6 Å². The standard InChI is InChI=1S/C21H37N5O3S/c1-18(2)15-24-9-11-25(12-10-24)19-4-13-29-21(14-19)5-7-26(8-6-21)30(27,28)20-16-23(3)17-22-20/h16-19H,4-15H2,1-3H3/t19-/m1/s1. The first-order chi connectivity index (χ1) is 14.3. The molecule has 1 aromatic rings. The van der Waals surface area contributed by atoms with Crippen LogP contribution < -0.4 is 0 Å². The molecule has 0 aliphatic carbocycles. The van der Waals surface area contributed by atoms with E-state index in [1.54, 1.807) is 22.1 Å². The summed E-state index contributed by atoms with van der Waals surface area (Å²) in [5.74, 6) is 0.718. The number of rotatable bonds is 5. The first-order valence-electron chi connectivity index (χ1n) is 11.4.